The Bertz CT molecular complexity index is 655. The molecule has 6 heteroatoms. The van der Waals surface area contributed by atoms with Crippen LogP contribution in [0.4, 0.5) is 0 Å². The van der Waals surface area contributed by atoms with Crippen molar-refractivity contribution < 1.29 is 9.47 Å². The number of halogens is 1. The first kappa shape index (κ1) is 12.4. The summed E-state index contributed by atoms with van der Waals surface area (Å²) in [6.07, 6.45) is 4.51. The fourth-order valence-corrected chi connectivity index (χ4v) is 3.26. The molecule has 1 N–H and O–H groups in total. The fraction of sp³-hybridized carbons (Fsp3) is 0.357. The number of ether oxygens (including phenoxy) is 2. The van der Waals surface area contributed by atoms with Crippen LogP contribution in [0.2, 0.25) is 5.02 Å². The van der Waals surface area contributed by atoms with E-state index in [1.54, 1.807) is 11.3 Å². The molecule has 1 aliphatic carbocycles. The van der Waals surface area contributed by atoms with Gasteiger partial charge in [-0.1, -0.05) is 11.6 Å². The molecule has 0 saturated heterocycles. The van der Waals surface area contributed by atoms with Gasteiger partial charge in [0.25, 0.3) is 0 Å². The van der Waals surface area contributed by atoms with Gasteiger partial charge in [-0.15, -0.1) is 11.3 Å². The normalized spacial score (nSPS) is 16.6. The average Bonchev–Trinajstić information content (AvgIpc) is 2.96. The summed E-state index contributed by atoms with van der Waals surface area (Å²) >= 11 is 7.88. The Hall–Kier alpha value is -1.30. The van der Waals surface area contributed by atoms with Crippen LogP contribution in [0.1, 0.15) is 17.7 Å². The van der Waals surface area contributed by atoms with Crippen molar-refractivity contribution in [2.45, 2.75) is 25.4 Å². The zero-order valence-electron chi connectivity index (χ0n) is 10.7. The summed E-state index contributed by atoms with van der Waals surface area (Å²) in [5, 5.41) is 5.02. The molecule has 4 nitrogen and oxygen atoms in total. The van der Waals surface area contributed by atoms with Gasteiger partial charge in [-0.3, -0.25) is 0 Å². The van der Waals surface area contributed by atoms with Gasteiger partial charge < -0.3 is 14.8 Å². The lowest BCUT2D eigenvalue weighted by Crippen LogP contribution is -2.14. The number of aromatic nitrogens is 1. The van der Waals surface area contributed by atoms with Crippen LogP contribution in [0.3, 0.4) is 0 Å². The Kier molecular flexibility index (Phi) is 3.06. The molecule has 2 heterocycles. The van der Waals surface area contributed by atoms with E-state index in [1.807, 2.05) is 18.3 Å². The number of nitrogens with one attached hydrogen (secondary N) is 1. The highest BCUT2D eigenvalue weighted by atomic mass is 35.5. The molecule has 104 valence electrons. The fourth-order valence-electron chi connectivity index (χ4n) is 2.15. The van der Waals surface area contributed by atoms with E-state index >= 15 is 0 Å². The maximum Gasteiger partial charge on any atom is 0.231 e. The van der Waals surface area contributed by atoms with Gasteiger partial charge in [0.15, 0.2) is 11.5 Å². The Morgan fingerprint density at radius 3 is 3.10 bits per heavy atom. The Labute approximate surface area is 125 Å². The molecule has 0 atom stereocenters. The van der Waals surface area contributed by atoms with Crippen molar-refractivity contribution >= 4 is 22.9 Å². The molecule has 20 heavy (non-hydrogen) atoms. The van der Waals surface area contributed by atoms with Crippen molar-refractivity contribution in [1.29, 1.82) is 0 Å². The number of thiazole rings is 1. The van der Waals surface area contributed by atoms with Crippen molar-refractivity contribution in [2.75, 3.05) is 6.79 Å². The zero-order chi connectivity index (χ0) is 13.5. The van der Waals surface area contributed by atoms with E-state index in [9.17, 15) is 0 Å². The summed E-state index contributed by atoms with van der Waals surface area (Å²) in [4.78, 5) is 5.71. The number of nitrogens with zero attached hydrogens (tertiary/aromatic N) is 1. The topological polar surface area (TPSA) is 43.4 Å². The molecule has 1 aromatic carbocycles. The van der Waals surface area contributed by atoms with Crippen LogP contribution < -0.4 is 14.8 Å². The Morgan fingerprint density at radius 1 is 1.35 bits per heavy atom. The van der Waals surface area contributed by atoms with Crippen LogP contribution in [-0.2, 0) is 6.54 Å². The SMILES string of the molecule is Clc1cc(-c2ncc(CNC3CC3)s2)cc2c1OCO2. The van der Waals surface area contributed by atoms with Gasteiger partial charge in [0.2, 0.25) is 6.79 Å². The third-order valence-electron chi connectivity index (χ3n) is 3.37. The second kappa shape index (κ2) is 4.91. The molecule has 0 amide bonds. The molecule has 0 radical (unpaired) electrons. The van der Waals surface area contributed by atoms with Crippen LogP contribution in [0, 0.1) is 0 Å². The molecule has 4 rings (SSSR count). The van der Waals surface area contributed by atoms with Crippen molar-refractivity contribution in [1.82, 2.24) is 10.3 Å². The third-order valence-corrected chi connectivity index (χ3v) is 4.70. The molecule has 1 saturated carbocycles. The minimum Gasteiger partial charge on any atom is -0.454 e. The van der Waals surface area contributed by atoms with Gasteiger partial charge >= 0.3 is 0 Å². The van der Waals surface area contributed by atoms with Crippen LogP contribution in [0.25, 0.3) is 10.6 Å². The maximum atomic E-state index is 6.20. The van der Waals surface area contributed by atoms with E-state index in [2.05, 4.69) is 10.3 Å². The molecule has 0 spiro atoms. The highest BCUT2D eigenvalue weighted by Crippen LogP contribution is 2.42. The Morgan fingerprint density at radius 2 is 2.25 bits per heavy atom. The monoisotopic (exact) mass is 308 g/mol. The number of fused-ring (bicyclic) bond motifs is 1. The predicted molar refractivity (Wildman–Crippen MR) is 78.5 cm³/mol. The molecule has 0 unspecified atom stereocenters. The van der Waals surface area contributed by atoms with Crippen molar-refractivity contribution in [2.24, 2.45) is 0 Å². The lowest BCUT2D eigenvalue weighted by molar-refractivity contribution is 0.174. The highest BCUT2D eigenvalue weighted by molar-refractivity contribution is 7.15. The van der Waals surface area contributed by atoms with E-state index in [-0.39, 0.29) is 6.79 Å². The standard InChI is InChI=1S/C14H13ClN2O2S/c15-11-3-8(4-12-13(11)19-7-18-12)14-17-6-10(20-14)5-16-9-1-2-9/h3-4,6,9,16H,1-2,5,7H2. The van der Waals surface area contributed by atoms with Crippen molar-refractivity contribution in [3.63, 3.8) is 0 Å². The van der Waals surface area contributed by atoms with Crippen LogP contribution in [0.15, 0.2) is 18.3 Å². The smallest absolute Gasteiger partial charge is 0.231 e. The molecule has 2 aromatic rings. The first-order chi connectivity index (χ1) is 9.79. The van der Waals surface area contributed by atoms with Gasteiger partial charge in [0, 0.05) is 29.2 Å². The summed E-state index contributed by atoms with van der Waals surface area (Å²) in [6, 6.07) is 4.53. The van der Waals surface area contributed by atoms with E-state index in [0.717, 1.165) is 17.1 Å². The van der Waals surface area contributed by atoms with Gasteiger partial charge in [-0.25, -0.2) is 4.98 Å². The second-order valence-corrected chi connectivity index (χ2v) is 6.50. The first-order valence-corrected chi connectivity index (χ1v) is 7.76. The lowest BCUT2D eigenvalue weighted by Gasteiger charge is -2.02. The number of benzene rings is 1. The molecule has 2 aliphatic rings. The number of hydrogen-bond donors (Lipinski definition) is 1. The highest BCUT2D eigenvalue weighted by Gasteiger charge is 2.21. The van der Waals surface area contributed by atoms with E-state index in [1.165, 1.54) is 17.7 Å². The summed E-state index contributed by atoms with van der Waals surface area (Å²) in [7, 11) is 0. The van der Waals surface area contributed by atoms with Gasteiger partial charge in [0.05, 0.1) is 5.02 Å². The molecule has 1 fully saturated rings. The molecular weight excluding hydrogens is 296 g/mol. The molecule has 1 aromatic heterocycles. The maximum absolute atomic E-state index is 6.20. The second-order valence-electron chi connectivity index (χ2n) is 4.98. The Balaban J connectivity index is 1.58. The van der Waals surface area contributed by atoms with Gasteiger partial charge in [0.1, 0.15) is 5.01 Å². The minimum atomic E-state index is 0.229. The van der Waals surface area contributed by atoms with Crippen LogP contribution in [-0.4, -0.2) is 17.8 Å². The minimum absolute atomic E-state index is 0.229. The molecular formula is C14H13ClN2O2S. The van der Waals surface area contributed by atoms with Crippen molar-refractivity contribution in [3.05, 3.63) is 28.2 Å². The molecule has 0 bridgehead atoms. The van der Waals surface area contributed by atoms with Crippen LogP contribution in [0.5, 0.6) is 11.5 Å². The summed E-state index contributed by atoms with van der Waals surface area (Å²) in [5.74, 6) is 1.32. The predicted octanol–water partition coefficient (Wildman–Crippen LogP) is 3.44. The summed E-state index contributed by atoms with van der Waals surface area (Å²) < 4.78 is 10.7. The largest absolute Gasteiger partial charge is 0.454 e. The first-order valence-electron chi connectivity index (χ1n) is 6.57. The van der Waals surface area contributed by atoms with E-state index < -0.39 is 0 Å². The third kappa shape index (κ3) is 2.37. The summed E-state index contributed by atoms with van der Waals surface area (Å²) in [6.45, 7) is 1.12. The van der Waals surface area contributed by atoms with E-state index in [4.69, 9.17) is 21.1 Å². The lowest BCUT2D eigenvalue weighted by atomic mass is 10.2. The van der Waals surface area contributed by atoms with Gasteiger partial charge in [-0.05, 0) is 25.0 Å². The van der Waals surface area contributed by atoms with Crippen molar-refractivity contribution in [3.8, 4) is 22.1 Å². The zero-order valence-corrected chi connectivity index (χ0v) is 12.3. The van der Waals surface area contributed by atoms with Gasteiger partial charge in [-0.2, -0.15) is 0 Å². The summed E-state index contributed by atoms with van der Waals surface area (Å²) in [5.41, 5.74) is 0.974. The number of hydrogen-bond acceptors (Lipinski definition) is 5. The number of rotatable bonds is 4. The molecule has 1 aliphatic heterocycles. The van der Waals surface area contributed by atoms with Crippen LogP contribution >= 0.6 is 22.9 Å². The average molecular weight is 309 g/mol. The quantitative estimate of drug-likeness (QED) is 0.939. The van der Waals surface area contributed by atoms with E-state index in [0.29, 0.717) is 22.6 Å².